The number of hydrogen-bond acceptors (Lipinski definition) is 7. The molecular formula is C25H26N2O6. The average molecular weight is 450 g/mol. The number of ether oxygens (including phenoxy) is 2. The summed E-state index contributed by atoms with van der Waals surface area (Å²) in [5.74, 6) is -2.24. The Labute approximate surface area is 192 Å². The summed E-state index contributed by atoms with van der Waals surface area (Å²) in [7, 11) is 0. The van der Waals surface area contributed by atoms with E-state index >= 15 is 0 Å². The van der Waals surface area contributed by atoms with E-state index < -0.39 is 17.9 Å². The quantitative estimate of drug-likeness (QED) is 0.624. The molecule has 3 rings (SSSR count). The molecule has 8 heteroatoms. The third-order valence-electron chi connectivity index (χ3n) is 5.13. The molecule has 0 unspecified atom stereocenters. The fourth-order valence-electron chi connectivity index (χ4n) is 3.75. The number of carbonyl (C=O) groups excluding carboxylic acids is 2. The van der Waals surface area contributed by atoms with Gasteiger partial charge in [-0.25, -0.2) is 14.4 Å². The fourth-order valence-corrected chi connectivity index (χ4v) is 3.75. The Hall–Kier alpha value is -4.07. The Morgan fingerprint density at radius 1 is 0.727 bits per heavy atom. The maximum Gasteiger partial charge on any atom is 0.357 e. The summed E-state index contributed by atoms with van der Waals surface area (Å²) in [5, 5.41) is 9.24. The Morgan fingerprint density at radius 2 is 1.18 bits per heavy atom. The first-order chi connectivity index (χ1) is 15.8. The van der Waals surface area contributed by atoms with Gasteiger partial charge in [0.15, 0.2) is 11.4 Å². The lowest BCUT2D eigenvalue weighted by Crippen LogP contribution is -2.42. The van der Waals surface area contributed by atoms with E-state index in [2.05, 4.69) is 0 Å². The molecule has 0 saturated carbocycles. The van der Waals surface area contributed by atoms with Crippen molar-refractivity contribution in [3.05, 3.63) is 82.9 Å². The van der Waals surface area contributed by atoms with Crippen LogP contribution in [0.1, 0.15) is 38.1 Å². The molecule has 0 fully saturated rings. The maximum atomic E-state index is 13.1. The van der Waals surface area contributed by atoms with Crippen LogP contribution in [0.3, 0.4) is 0 Å². The van der Waals surface area contributed by atoms with Crippen LogP contribution >= 0.6 is 0 Å². The minimum absolute atomic E-state index is 0.126. The molecule has 0 bridgehead atoms. The van der Waals surface area contributed by atoms with Crippen molar-refractivity contribution in [2.75, 3.05) is 23.0 Å². The highest BCUT2D eigenvalue weighted by atomic mass is 16.5. The summed E-state index contributed by atoms with van der Waals surface area (Å²) in [6.07, 6.45) is 0. The number of benzene rings is 2. The summed E-state index contributed by atoms with van der Waals surface area (Å²) in [6, 6.07) is 15.2. The Balaban J connectivity index is 2.28. The van der Waals surface area contributed by atoms with Crippen molar-refractivity contribution in [3.8, 4) is 0 Å². The highest BCUT2D eigenvalue weighted by Crippen LogP contribution is 2.39. The normalized spacial score (nSPS) is 13.8. The van der Waals surface area contributed by atoms with Gasteiger partial charge in [0.25, 0.3) is 0 Å². The maximum absolute atomic E-state index is 13.1. The van der Waals surface area contributed by atoms with Crippen LogP contribution in [0.15, 0.2) is 77.4 Å². The molecule has 1 N–H and O–H groups in total. The van der Waals surface area contributed by atoms with E-state index in [1.807, 2.05) is 18.2 Å². The molecule has 0 spiro atoms. The van der Waals surface area contributed by atoms with Gasteiger partial charge in [-0.1, -0.05) is 18.2 Å². The molecule has 1 aliphatic heterocycles. The van der Waals surface area contributed by atoms with E-state index in [1.165, 1.54) is 12.1 Å². The van der Waals surface area contributed by atoms with Crippen LogP contribution in [0.2, 0.25) is 0 Å². The molecule has 0 aromatic heterocycles. The topological polar surface area (TPSA) is 96.4 Å². The molecular weight excluding hydrogens is 424 g/mol. The van der Waals surface area contributed by atoms with E-state index in [1.54, 1.807) is 61.8 Å². The predicted octanol–water partition coefficient (Wildman–Crippen LogP) is 4.30. The Bertz CT molecular complexity index is 1080. The second-order valence-corrected chi connectivity index (χ2v) is 7.17. The number of rotatable bonds is 7. The summed E-state index contributed by atoms with van der Waals surface area (Å²) in [6.45, 7) is 7.22. The van der Waals surface area contributed by atoms with E-state index in [0.29, 0.717) is 22.8 Å². The molecule has 0 aliphatic carbocycles. The van der Waals surface area contributed by atoms with Crippen molar-refractivity contribution in [2.45, 2.75) is 27.7 Å². The van der Waals surface area contributed by atoms with Crippen molar-refractivity contribution >= 4 is 29.3 Å². The van der Waals surface area contributed by atoms with Gasteiger partial charge in [0.1, 0.15) is 0 Å². The van der Waals surface area contributed by atoms with Gasteiger partial charge in [0.2, 0.25) is 0 Å². The highest BCUT2D eigenvalue weighted by molar-refractivity contribution is 6.05. The van der Waals surface area contributed by atoms with Gasteiger partial charge < -0.3 is 19.5 Å². The Morgan fingerprint density at radius 3 is 1.61 bits per heavy atom. The number of carboxylic acids is 1. The summed E-state index contributed by atoms with van der Waals surface area (Å²) in [4.78, 5) is 40.9. The minimum Gasteiger partial charge on any atom is -0.478 e. The SMILES string of the molecule is CCOC(=O)C1=C(C)N(c2ccc(C(=O)O)cc2)C(C)=C(C(=O)OCC)N1c1ccccc1. The van der Waals surface area contributed by atoms with Crippen LogP contribution in [0.5, 0.6) is 0 Å². The van der Waals surface area contributed by atoms with Crippen LogP contribution < -0.4 is 9.80 Å². The number of esters is 2. The van der Waals surface area contributed by atoms with Crippen molar-refractivity contribution < 1.29 is 29.0 Å². The number of anilines is 2. The lowest BCUT2D eigenvalue weighted by atomic mass is 10.1. The number of nitrogens with zero attached hydrogens (tertiary/aromatic N) is 2. The van der Waals surface area contributed by atoms with Crippen molar-refractivity contribution in [2.24, 2.45) is 0 Å². The van der Waals surface area contributed by atoms with Crippen LogP contribution in [-0.4, -0.2) is 36.2 Å². The zero-order valence-corrected chi connectivity index (χ0v) is 19.0. The van der Waals surface area contributed by atoms with E-state index in [9.17, 15) is 19.5 Å². The number of para-hydroxylation sites is 1. The van der Waals surface area contributed by atoms with Crippen LogP contribution in [0.4, 0.5) is 11.4 Å². The third kappa shape index (κ3) is 4.59. The molecule has 0 radical (unpaired) electrons. The minimum atomic E-state index is -1.05. The first-order valence-electron chi connectivity index (χ1n) is 10.6. The van der Waals surface area contributed by atoms with Gasteiger partial charge in [0.05, 0.1) is 30.2 Å². The number of allylic oxidation sites excluding steroid dienone is 2. The summed E-state index contributed by atoms with van der Waals surface area (Å²) in [5.41, 5.74) is 2.69. The number of hydrogen-bond donors (Lipinski definition) is 1. The van der Waals surface area contributed by atoms with Gasteiger partial charge in [-0.05, 0) is 64.1 Å². The zero-order chi connectivity index (χ0) is 24.1. The molecule has 2 aromatic carbocycles. The van der Waals surface area contributed by atoms with Crippen LogP contribution in [0, 0.1) is 0 Å². The van der Waals surface area contributed by atoms with Gasteiger partial charge >= 0.3 is 17.9 Å². The zero-order valence-electron chi connectivity index (χ0n) is 19.0. The van der Waals surface area contributed by atoms with Crippen LogP contribution in [0.25, 0.3) is 0 Å². The number of aromatic carboxylic acids is 1. The van der Waals surface area contributed by atoms with E-state index in [-0.39, 0.29) is 30.2 Å². The summed E-state index contributed by atoms with van der Waals surface area (Å²) >= 11 is 0. The van der Waals surface area contributed by atoms with Gasteiger partial charge in [-0.2, -0.15) is 0 Å². The average Bonchev–Trinajstić information content (AvgIpc) is 2.79. The predicted molar refractivity (Wildman–Crippen MR) is 123 cm³/mol. The molecule has 33 heavy (non-hydrogen) atoms. The third-order valence-corrected chi connectivity index (χ3v) is 5.13. The number of carbonyl (C=O) groups is 3. The fraction of sp³-hybridized carbons (Fsp3) is 0.240. The smallest absolute Gasteiger partial charge is 0.357 e. The van der Waals surface area contributed by atoms with Gasteiger partial charge in [0, 0.05) is 11.4 Å². The van der Waals surface area contributed by atoms with Crippen LogP contribution in [-0.2, 0) is 19.1 Å². The molecule has 8 nitrogen and oxygen atoms in total. The molecule has 2 aromatic rings. The van der Waals surface area contributed by atoms with E-state index in [4.69, 9.17) is 9.47 Å². The lowest BCUT2D eigenvalue weighted by Gasteiger charge is -2.40. The van der Waals surface area contributed by atoms with Gasteiger partial charge in [-0.15, -0.1) is 0 Å². The summed E-state index contributed by atoms with van der Waals surface area (Å²) < 4.78 is 10.7. The highest BCUT2D eigenvalue weighted by Gasteiger charge is 2.39. The molecule has 172 valence electrons. The van der Waals surface area contributed by atoms with Crippen molar-refractivity contribution in [1.29, 1.82) is 0 Å². The molecule has 0 atom stereocenters. The first kappa shape index (κ1) is 23.6. The second-order valence-electron chi connectivity index (χ2n) is 7.17. The largest absolute Gasteiger partial charge is 0.478 e. The molecule has 0 amide bonds. The van der Waals surface area contributed by atoms with Crippen molar-refractivity contribution in [3.63, 3.8) is 0 Å². The van der Waals surface area contributed by atoms with Crippen molar-refractivity contribution in [1.82, 2.24) is 0 Å². The molecule has 0 saturated heterocycles. The standard InChI is InChI=1S/C25H26N2O6/c1-5-32-24(30)21-16(3)26(20-14-12-18(13-15-20)23(28)29)17(4)22(25(31)33-6-2)27(21)19-10-8-7-9-11-19/h7-15H,5-6H2,1-4H3,(H,28,29). The lowest BCUT2D eigenvalue weighted by molar-refractivity contribution is -0.139. The monoisotopic (exact) mass is 450 g/mol. The second kappa shape index (κ2) is 10.0. The first-order valence-corrected chi connectivity index (χ1v) is 10.6. The Kier molecular flexibility index (Phi) is 7.17. The number of carboxylic acid groups (broad SMARTS) is 1. The van der Waals surface area contributed by atoms with E-state index in [0.717, 1.165) is 0 Å². The molecule has 1 aliphatic rings. The molecule has 1 heterocycles. The van der Waals surface area contributed by atoms with Gasteiger partial charge in [-0.3, -0.25) is 4.90 Å².